The van der Waals surface area contributed by atoms with Crippen LogP contribution in [0.15, 0.2) is 54.6 Å². The van der Waals surface area contributed by atoms with E-state index in [0.29, 0.717) is 6.54 Å². The van der Waals surface area contributed by atoms with Gasteiger partial charge in [0.15, 0.2) is 0 Å². The van der Waals surface area contributed by atoms with Crippen molar-refractivity contribution in [2.45, 2.75) is 26.8 Å². The fourth-order valence-electron chi connectivity index (χ4n) is 1.85. The van der Waals surface area contributed by atoms with Gasteiger partial charge in [-0.1, -0.05) is 44.2 Å². The van der Waals surface area contributed by atoms with Crippen molar-refractivity contribution in [3.63, 3.8) is 0 Å². The Morgan fingerprint density at radius 1 is 1.05 bits per heavy atom. The molecule has 0 aromatic heterocycles. The fraction of sp³-hybridized carbons (Fsp3) is 0.278. The lowest BCUT2D eigenvalue weighted by Crippen LogP contribution is -2.28. The van der Waals surface area contributed by atoms with E-state index in [1.165, 1.54) is 0 Å². The lowest BCUT2D eigenvalue weighted by atomic mass is 10.1. The van der Waals surface area contributed by atoms with Gasteiger partial charge in [-0.05, 0) is 36.2 Å². The minimum atomic E-state index is 0.0608. The van der Waals surface area contributed by atoms with Crippen LogP contribution in [0.4, 0.5) is 0 Å². The Hall–Kier alpha value is -2.29. The van der Waals surface area contributed by atoms with Crippen molar-refractivity contribution >= 4 is 5.91 Å². The molecule has 3 nitrogen and oxygen atoms in total. The number of nitrogens with one attached hydrogen (secondary N) is 1. The number of hydrogen-bond donors (Lipinski definition) is 1. The highest BCUT2D eigenvalue weighted by atomic mass is 16.5. The standard InChI is InChI=1S/C18H21NO2/c1-3-14(2)18(20)19-13-15-9-11-17(12-10-15)21-16-7-5-4-6-8-16/h4-12,14H,3,13H2,1-2H3,(H,19,20). The smallest absolute Gasteiger partial charge is 0.223 e. The van der Waals surface area contributed by atoms with Crippen molar-refractivity contribution in [2.75, 3.05) is 0 Å². The third-order valence-electron chi connectivity index (χ3n) is 3.43. The largest absolute Gasteiger partial charge is 0.457 e. The first-order valence-electron chi connectivity index (χ1n) is 7.28. The second-order valence-electron chi connectivity index (χ2n) is 5.09. The average molecular weight is 283 g/mol. The van der Waals surface area contributed by atoms with Crippen LogP contribution in [0.2, 0.25) is 0 Å². The molecule has 0 aliphatic carbocycles. The highest BCUT2D eigenvalue weighted by molar-refractivity contribution is 5.78. The summed E-state index contributed by atoms with van der Waals surface area (Å²) < 4.78 is 5.73. The molecule has 1 unspecified atom stereocenters. The topological polar surface area (TPSA) is 38.3 Å². The first kappa shape index (κ1) is 15.1. The van der Waals surface area contributed by atoms with Gasteiger partial charge in [-0.2, -0.15) is 0 Å². The van der Waals surface area contributed by atoms with Crippen molar-refractivity contribution < 1.29 is 9.53 Å². The molecule has 2 rings (SSSR count). The number of amides is 1. The van der Waals surface area contributed by atoms with E-state index in [2.05, 4.69) is 5.32 Å². The molecule has 0 heterocycles. The lowest BCUT2D eigenvalue weighted by Gasteiger charge is -2.10. The Labute approximate surface area is 126 Å². The van der Waals surface area contributed by atoms with Gasteiger partial charge in [0.1, 0.15) is 11.5 Å². The molecule has 1 N–H and O–H groups in total. The van der Waals surface area contributed by atoms with Crippen molar-refractivity contribution in [3.8, 4) is 11.5 Å². The van der Waals surface area contributed by atoms with Gasteiger partial charge in [-0.3, -0.25) is 4.79 Å². The lowest BCUT2D eigenvalue weighted by molar-refractivity contribution is -0.124. The molecule has 0 spiro atoms. The van der Waals surface area contributed by atoms with Crippen molar-refractivity contribution in [3.05, 3.63) is 60.2 Å². The van der Waals surface area contributed by atoms with Crippen LogP contribution in [-0.2, 0) is 11.3 Å². The predicted molar refractivity (Wildman–Crippen MR) is 84.3 cm³/mol. The first-order chi connectivity index (χ1) is 10.2. The Kier molecular flexibility index (Phi) is 5.38. The van der Waals surface area contributed by atoms with Crippen molar-refractivity contribution in [1.29, 1.82) is 0 Å². The van der Waals surface area contributed by atoms with Crippen LogP contribution in [0.1, 0.15) is 25.8 Å². The first-order valence-corrected chi connectivity index (χ1v) is 7.28. The Balaban J connectivity index is 1.89. The molecule has 2 aromatic rings. The zero-order chi connectivity index (χ0) is 15.1. The number of rotatable bonds is 6. The molecular formula is C18H21NO2. The molecule has 0 bridgehead atoms. The van der Waals surface area contributed by atoms with E-state index in [9.17, 15) is 4.79 Å². The van der Waals surface area contributed by atoms with Crippen LogP contribution >= 0.6 is 0 Å². The van der Waals surface area contributed by atoms with Crippen LogP contribution in [0, 0.1) is 5.92 Å². The minimum absolute atomic E-state index is 0.0608. The number of ether oxygens (including phenoxy) is 1. The number of carbonyl (C=O) groups excluding carboxylic acids is 1. The Morgan fingerprint density at radius 3 is 2.29 bits per heavy atom. The Bertz CT molecular complexity index is 564. The van der Waals surface area contributed by atoms with Gasteiger partial charge in [-0.15, -0.1) is 0 Å². The maximum absolute atomic E-state index is 11.7. The molecule has 0 saturated carbocycles. The molecule has 3 heteroatoms. The molecule has 0 aliphatic rings. The zero-order valence-electron chi connectivity index (χ0n) is 12.5. The molecule has 1 amide bonds. The highest BCUT2D eigenvalue weighted by Crippen LogP contribution is 2.21. The molecular weight excluding hydrogens is 262 g/mol. The molecule has 0 fully saturated rings. The molecule has 110 valence electrons. The van der Waals surface area contributed by atoms with Gasteiger partial charge < -0.3 is 10.1 Å². The van der Waals surface area contributed by atoms with E-state index in [-0.39, 0.29) is 11.8 Å². The summed E-state index contributed by atoms with van der Waals surface area (Å²) >= 11 is 0. The van der Waals surface area contributed by atoms with E-state index in [1.807, 2.05) is 68.4 Å². The number of benzene rings is 2. The molecule has 1 atom stereocenters. The summed E-state index contributed by atoms with van der Waals surface area (Å²) in [6.07, 6.45) is 0.857. The van der Waals surface area contributed by atoms with E-state index in [4.69, 9.17) is 4.74 Å². The van der Waals surface area contributed by atoms with Crippen molar-refractivity contribution in [2.24, 2.45) is 5.92 Å². The number of para-hydroxylation sites is 1. The van der Waals surface area contributed by atoms with E-state index in [1.54, 1.807) is 0 Å². The van der Waals surface area contributed by atoms with E-state index in [0.717, 1.165) is 23.5 Å². The van der Waals surface area contributed by atoms with E-state index < -0.39 is 0 Å². The summed E-state index contributed by atoms with van der Waals surface area (Å²) in [5.74, 6) is 1.77. The quantitative estimate of drug-likeness (QED) is 0.865. The van der Waals surface area contributed by atoms with Crippen molar-refractivity contribution in [1.82, 2.24) is 5.32 Å². The summed E-state index contributed by atoms with van der Waals surface area (Å²) in [7, 11) is 0. The van der Waals surface area contributed by atoms with Gasteiger partial charge >= 0.3 is 0 Å². The Morgan fingerprint density at radius 2 is 1.67 bits per heavy atom. The van der Waals surface area contributed by atoms with Gasteiger partial charge in [0.2, 0.25) is 5.91 Å². The predicted octanol–water partition coefficient (Wildman–Crippen LogP) is 4.14. The summed E-state index contributed by atoms with van der Waals surface area (Å²) in [5.41, 5.74) is 1.06. The van der Waals surface area contributed by atoms with Gasteiger partial charge in [0.25, 0.3) is 0 Å². The van der Waals surface area contributed by atoms with Crippen LogP contribution < -0.4 is 10.1 Å². The molecule has 0 saturated heterocycles. The highest BCUT2D eigenvalue weighted by Gasteiger charge is 2.09. The molecule has 0 aliphatic heterocycles. The minimum Gasteiger partial charge on any atom is -0.457 e. The van der Waals surface area contributed by atoms with Crippen LogP contribution in [0.5, 0.6) is 11.5 Å². The average Bonchev–Trinajstić information content (AvgIpc) is 2.54. The summed E-state index contributed by atoms with van der Waals surface area (Å²) in [6, 6.07) is 17.4. The maximum atomic E-state index is 11.7. The van der Waals surface area contributed by atoms with E-state index >= 15 is 0 Å². The normalized spacial score (nSPS) is 11.7. The van der Waals surface area contributed by atoms with Crippen LogP contribution in [0.25, 0.3) is 0 Å². The van der Waals surface area contributed by atoms with Gasteiger partial charge in [-0.25, -0.2) is 0 Å². The van der Waals surface area contributed by atoms with Gasteiger partial charge in [0.05, 0.1) is 0 Å². The van der Waals surface area contributed by atoms with Crippen LogP contribution in [0.3, 0.4) is 0 Å². The third kappa shape index (κ3) is 4.63. The maximum Gasteiger partial charge on any atom is 0.223 e. The monoisotopic (exact) mass is 283 g/mol. The fourth-order valence-corrected chi connectivity index (χ4v) is 1.85. The SMILES string of the molecule is CCC(C)C(=O)NCc1ccc(Oc2ccccc2)cc1. The number of hydrogen-bond acceptors (Lipinski definition) is 2. The van der Waals surface area contributed by atoms with Gasteiger partial charge in [0, 0.05) is 12.5 Å². The third-order valence-corrected chi connectivity index (χ3v) is 3.43. The second kappa shape index (κ2) is 7.48. The summed E-state index contributed by atoms with van der Waals surface area (Å²) in [5, 5.41) is 2.94. The summed E-state index contributed by atoms with van der Waals surface area (Å²) in [4.78, 5) is 11.7. The zero-order valence-corrected chi connectivity index (χ0v) is 12.5. The molecule has 2 aromatic carbocycles. The molecule has 21 heavy (non-hydrogen) atoms. The van der Waals surface area contributed by atoms with Crippen LogP contribution in [-0.4, -0.2) is 5.91 Å². The molecule has 0 radical (unpaired) electrons. The number of carbonyl (C=O) groups is 1. The summed E-state index contributed by atoms with van der Waals surface area (Å²) in [6.45, 7) is 4.50. The second-order valence-corrected chi connectivity index (χ2v) is 5.09.